The number of rotatable bonds is 3. The van der Waals surface area contributed by atoms with Crippen LogP contribution in [0.4, 0.5) is 0 Å². The summed E-state index contributed by atoms with van der Waals surface area (Å²) in [5.41, 5.74) is 0. The fraction of sp³-hybridized carbons (Fsp3) is 0.500. The fourth-order valence-corrected chi connectivity index (χ4v) is 0.270. The third-order valence-corrected chi connectivity index (χ3v) is 0.805. The summed E-state index contributed by atoms with van der Waals surface area (Å²) in [6.07, 6.45) is -4.53. The van der Waals surface area contributed by atoms with E-state index in [9.17, 15) is 9.59 Å². The molecule has 4 N–H and O–H groups in total. The summed E-state index contributed by atoms with van der Waals surface area (Å²) in [4.78, 5) is 19.5. The summed E-state index contributed by atoms with van der Waals surface area (Å²) in [5.74, 6) is -3.54. The van der Waals surface area contributed by atoms with Gasteiger partial charge in [0.25, 0.3) is 0 Å². The van der Waals surface area contributed by atoms with E-state index in [4.69, 9.17) is 20.4 Å². The molecule has 0 amide bonds. The Morgan fingerprint density at radius 3 is 1.18 bits per heavy atom. The molecule has 0 bridgehead atoms. The van der Waals surface area contributed by atoms with Crippen LogP contribution in [0.2, 0.25) is 0 Å². The van der Waals surface area contributed by atoms with Gasteiger partial charge in [-0.15, -0.1) is 0 Å². The van der Waals surface area contributed by atoms with E-state index in [1.165, 1.54) is 0 Å². The molecule has 0 aromatic carbocycles. The summed E-state index contributed by atoms with van der Waals surface area (Å²) >= 11 is 0. The number of aliphatic carboxylic acids is 2. The van der Waals surface area contributed by atoms with E-state index < -0.39 is 24.1 Å². The Labute approximate surface area is 86.7 Å². The van der Waals surface area contributed by atoms with Crippen molar-refractivity contribution in [3.8, 4) is 0 Å². The van der Waals surface area contributed by atoms with Crippen molar-refractivity contribution in [3.05, 3.63) is 0 Å². The van der Waals surface area contributed by atoms with Crippen molar-refractivity contribution in [2.45, 2.75) is 12.2 Å². The van der Waals surface area contributed by atoms with E-state index in [-0.39, 0.29) is 32.7 Å². The molecule has 11 heavy (non-hydrogen) atoms. The van der Waals surface area contributed by atoms with Crippen molar-refractivity contribution in [2.75, 3.05) is 0 Å². The van der Waals surface area contributed by atoms with Crippen LogP contribution in [-0.2, 0) is 42.3 Å². The van der Waals surface area contributed by atoms with Gasteiger partial charge >= 0.3 is 11.9 Å². The van der Waals surface area contributed by atoms with Crippen LogP contribution >= 0.6 is 0 Å². The molecule has 7 heteroatoms. The largest absolute Gasteiger partial charge is 0.479 e. The Morgan fingerprint density at radius 2 is 1.09 bits per heavy atom. The molecule has 0 saturated carbocycles. The van der Waals surface area contributed by atoms with Gasteiger partial charge in [0.2, 0.25) is 0 Å². The molecule has 1 radical (unpaired) electrons. The first-order valence-electron chi connectivity index (χ1n) is 2.28. The number of carboxylic acid groups (broad SMARTS) is 2. The minimum absolute atomic E-state index is 0. The van der Waals surface area contributed by atoms with Gasteiger partial charge in [-0.05, 0) is 0 Å². The minimum atomic E-state index is -2.27. The number of aliphatic hydroxyl groups is 2. The molecule has 0 aliphatic rings. The zero-order valence-electron chi connectivity index (χ0n) is 5.34. The van der Waals surface area contributed by atoms with Crippen molar-refractivity contribution in [1.82, 2.24) is 0 Å². The zero-order valence-corrected chi connectivity index (χ0v) is 8.18. The molecule has 0 saturated heterocycles. The first-order chi connectivity index (χ1) is 4.46. The molecular weight excluding hydrogens is 233 g/mol. The fourth-order valence-electron chi connectivity index (χ4n) is 0.270. The van der Waals surface area contributed by atoms with Crippen LogP contribution in [0, 0.1) is 0 Å². The van der Waals surface area contributed by atoms with Crippen LogP contribution in [-0.4, -0.2) is 44.6 Å². The topological polar surface area (TPSA) is 115 Å². The van der Waals surface area contributed by atoms with E-state index in [0.717, 1.165) is 0 Å². The average Bonchev–Trinajstić information content (AvgIpc) is 1.84. The predicted octanol–water partition coefficient (Wildman–Crippen LogP) is -2.13. The summed E-state index contributed by atoms with van der Waals surface area (Å²) in [7, 11) is 0. The van der Waals surface area contributed by atoms with Crippen LogP contribution < -0.4 is 0 Å². The molecule has 2 atom stereocenters. The summed E-state index contributed by atoms with van der Waals surface area (Å²) in [5, 5.41) is 32.5. The van der Waals surface area contributed by atoms with Crippen molar-refractivity contribution >= 4 is 11.9 Å². The van der Waals surface area contributed by atoms with Crippen LogP contribution in [0.3, 0.4) is 0 Å². The molecule has 6 nitrogen and oxygen atoms in total. The number of carbonyl (C=O) groups is 2. The van der Waals surface area contributed by atoms with Crippen molar-refractivity contribution in [2.24, 2.45) is 0 Å². The third-order valence-electron chi connectivity index (χ3n) is 0.805. The van der Waals surface area contributed by atoms with Gasteiger partial charge in [-0.25, -0.2) is 9.59 Å². The molecule has 0 spiro atoms. The number of carboxylic acids is 2. The zero-order chi connectivity index (χ0) is 8.31. The third kappa shape index (κ3) is 4.42. The van der Waals surface area contributed by atoms with Crippen LogP contribution in [0.5, 0.6) is 0 Å². The Bertz CT molecular complexity index is 139. The van der Waals surface area contributed by atoms with Crippen LogP contribution in [0.25, 0.3) is 0 Å². The Hall–Kier alpha value is -0.0361. The quantitative estimate of drug-likeness (QED) is 0.447. The van der Waals surface area contributed by atoms with E-state index in [0.29, 0.717) is 0 Å². The van der Waals surface area contributed by atoms with Gasteiger partial charge in [-0.2, -0.15) is 0 Å². The second-order valence-electron chi connectivity index (χ2n) is 1.57. The van der Waals surface area contributed by atoms with E-state index in [1.54, 1.807) is 0 Å². The molecular formula is C4H6O6Y. The molecule has 0 aliphatic carbocycles. The smallest absolute Gasteiger partial charge is 0.335 e. The van der Waals surface area contributed by atoms with Crippen LogP contribution in [0.1, 0.15) is 0 Å². The molecule has 0 aromatic heterocycles. The second kappa shape index (κ2) is 5.59. The monoisotopic (exact) mass is 239 g/mol. The Morgan fingerprint density at radius 1 is 0.909 bits per heavy atom. The predicted molar refractivity (Wildman–Crippen MR) is 27.3 cm³/mol. The molecule has 0 aromatic rings. The summed E-state index contributed by atoms with van der Waals surface area (Å²) < 4.78 is 0. The van der Waals surface area contributed by atoms with E-state index >= 15 is 0 Å². The van der Waals surface area contributed by atoms with Gasteiger partial charge in [0.1, 0.15) is 0 Å². The Balaban J connectivity index is 0. The van der Waals surface area contributed by atoms with Gasteiger partial charge < -0.3 is 20.4 Å². The van der Waals surface area contributed by atoms with Crippen molar-refractivity contribution in [1.29, 1.82) is 0 Å². The standard InChI is InChI=1S/C4H6O6.Y/c5-1(3(7)8)2(6)4(9)10;/h1-2,5-6H,(H,7,8)(H,9,10);. The average molecular weight is 239 g/mol. The maximum atomic E-state index is 9.77. The van der Waals surface area contributed by atoms with Crippen molar-refractivity contribution < 1.29 is 62.7 Å². The molecule has 0 heterocycles. The summed E-state index contributed by atoms with van der Waals surface area (Å²) in [6.45, 7) is 0. The maximum absolute atomic E-state index is 9.77. The normalized spacial score (nSPS) is 14.4. The van der Waals surface area contributed by atoms with Gasteiger partial charge in [0.15, 0.2) is 12.2 Å². The number of hydrogen-bond acceptors (Lipinski definition) is 4. The number of hydrogen-bond donors (Lipinski definition) is 4. The minimum Gasteiger partial charge on any atom is -0.479 e. The molecule has 0 aliphatic heterocycles. The molecule has 2 unspecified atom stereocenters. The number of aliphatic hydroxyl groups excluding tert-OH is 2. The summed E-state index contributed by atoms with van der Waals surface area (Å²) in [6, 6.07) is 0. The molecule has 0 fully saturated rings. The van der Waals surface area contributed by atoms with Gasteiger partial charge in [-0.1, -0.05) is 0 Å². The van der Waals surface area contributed by atoms with Crippen molar-refractivity contribution in [3.63, 3.8) is 0 Å². The Kier molecular flexibility index (Phi) is 6.89. The first-order valence-corrected chi connectivity index (χ1v) is 2.28. The van der Waals surface area contributed by atoms with E-state index in [2.05, 4.69) is 0 Å². The van der Waals surface area contributed by atoms with Gasteiger partial charge in [-0.3, -0.25) is 0 Å². The van der Waals surface area contributed by atoms with Crippen LogP contribution in [0.15, 0.2) is 0 Å². The SMILES string of the molecule is O=C(O)C(O)C(O)C(=O)O.[Y]. The molecule has 0 rings (SSSR count). The molecule has 61 valence electrons. The first kappa shape index (κ1) is 13.5. The van der Waals surface area contributed by atoms with E-state index in [1.807, 2.05) is 0 Å². The van der Waals surface area contributed by atoms with Gasteiger partial charge in [0, 0.05) is 32.7 Å². The van der Waals surface area contributed by atoms with Gasteiger partial charge in [0.05, 0.1) is 0 Å². The second-order valence-corrected chi connectivity index (χ2v) is 1.57. The maximum Gasteiger partial charge on any atom is 0.335 e.